The van der Waals surface area contributed by atoms with Crippen LogP contribution in [0, 0.1) is 0 Å². The highest BCUT2D eigenvalue weighted by atomic mass is 16.7. The molecule has 196 valence electrons. The maximum atomic E-state index is 12.7. The van der Waals surface area contributed by atoms with Gasteiger partial charge in [0.05, 0.1) is 13.2 Å². The molecular formula is C30H28O8. The normalized spacial score (nSPS) is 10.5. The van der Waals surface area contributed by atoms with Crippen LogP contribution in [0.25, 0.3) is 10.8 Å². The van der Waals surface area contributed by atoms with Crippen molar-refractivity contribution in [3.05, 3.63) is 96.1 Å². The standard InChI is InChI=1S/C30H28O8/c1-3-33-27-25(37-29(31)35-19-21-13-7-5-8-14-21)23-17-11-12-18-24(23)26(28(27)34-4-2)38-30(32)36-20-22-15-9-6-10-16-22/h5-18H,3-4,19-20H2,1-2H3. The molecule has 0 aliphatic carbocycles. The fraction of sp³-hybridized carbons (Fsp3) is 0.200. The predicted octanol–water partition coefficient (Wildman–Crippen LogP) is 7.07. The SMILES string of the molecule is CCOc1c(OCC)c(OC(=O)OCc2ccccc2)c2ccccc2c1OC(=O)OCc1ccccc1. The largest absolute Gasteiger partial charge is 0.514 e. The van der Waals surface area contributed by atoms with Crippen LogP contribution in [-0.2, 0) is 22.7 Å². The number of ether oxygens (including phenoxy) is 6. The highest BCUT2D eigenvalue weighted by Crippen LogP contribution is 2.51. The summed E-state index contributed by atoms with van der Waals surface area (Å²) in [5.74, 6) is 0.397. The van der Waals surface area contributed by atoms with Gasteiger partial charge >= 0.3 is 12.3 Å². The molecule has 4 aromatic carbocycles. The highest BCUT2D eigenvalue weighted by molar-refractivity contribution is 6.00. The Morgan fingerprint density at radius 2 is 0.895 bits per heavy atom. The molecule has 0 fully saturated rings. The fourth-order valence-electron chi connectivity index (χ4n) is 3.74. The van der Waals surface area contributed by atoms with Crippen LogP contribution in [0.15, 0.2) is 84.9 Å². The van der Waals surface area contributed by atoms with Gasteiger partial charge in [0.15, 0.2) is 11.5 Å². The molecule has 38 heavy (non-hydrogen) atoms. The first-order valence-corrected chi connectivity index (χ1v) is 12.2. The first-order valence-electron chi connectivity index (χ1n) is 12.2. The van der Waals surface area contributed by atoms with Gasteiger partial charge in [-0.05, 0) is 25.0 Å². The number of hydrogen-bond acceptors (Lipinski definition) is 8. The van der Waals surface area contributed by atoms with Gasteiger partial charge in [0.25, 0.3) is 0 Å². The molecule has 0 unspecified atom stereocenters. The van der Waals surface area contributed by atoms with Gasteiger partial charge in [-0.2, -0.15) is 0 Å². The van der Waals surface area contributed by atoms with Crippen molar-refractivity contribution in [3.8, 4) is 23.0 Å². The van der Waals surface area contributed by atoms with Gasteiger partial charge in [0.2, 0.25) is 11.5 Å². The molecule has 0 heterocycles. The molecule has 0 bridgehead atoms. The summed E-state index contributed by atoms with van der Waals surface area (Å²) in [5, 5.41) is 0.920. The predicted molar refractivity (Wildman–Crippen MR) is 141 cm³/mol. The average molecular weight is 517 g/mol. The van der Waals surface area contributed by atoms with Crippen LogP contribution in [0.1, 0.15) is 25.0 Å². The first-order chi connectivity index (χ1) is 18.6. The van der Waals surface area contributed by atoms with E-state index in [2.05, 4.69) is 0 Å². The van der Waals surface area contributed by atoms with Crippen LogP contribution in [0.4, 0.5) is 9.59 Å². The Balaban J connectivity index is 1.66. The Labute approximate surface area is 220 Å². The van der Waals surface area contributed by atoms with E-state index in [-0.39, 0.29) is 49.4 Å². The minimum absolute atomic E-state index is 0.0361. The zero-order valence-electron chi connectivity index (χ0n) is 21.2. The maximum absolute atomic E-state index is 12.7. The summed E-state index contributed by atoms with van der Waals surface area (Å²) < 4.78 is 33.6. The van der Waals surface area contributed by atoms with Gasteiger partial charge in [0.1, 0.15) is 13.2 Å². The summed E-state index contributed by atoms with van der Waals surface area (Å²) in [6, 6.07) is 25.5. The van der Waals surface area contributed by atoms with Crippen molar-refractivity contribution in [2.24, 2.45) is 0 Å². The lowest BCUT2D eigenvalue weighted by Gasteiger charge is -2.20. The van der Waals surface area contributed by atoms with Gasteiger partial charge in [-0.3, -0.25) is 0 Å². The third-order valence-corrected chi connectivity index (χ3v) is 5.38. The van der Waals surface area contributed by atoms with E-state index in [9.17, 15) is 9.59 Å². The molecule has 4 aromatic rings. The first kappa shape index (κ1) is 26.3. The van der Waals surface area contributed by atoms with E-state index in [0.717, 1.165) is 11.1 Å². The smallest absolute Gasteiger partial charge is 0.487 e. The third kappa shape index (κ3) is 6.53. The molecule has 8 nitrogen and oxygen atoms in total. The van der Waals surface area contributed by atoms with E-state index < -0.39 is 12.3 Å². The second kappa shape index (κ2) is 13.0. The summed E-state index contributed by atoms with van der Waals surface area (Å²) in [6.45, 7) is 4.08. The van der Waals surface area contributed by atoms with Gasteiger partial charge in [-0.1, -0.05) is 84.9 Å². The van der Waals surface area contributed by atoms with Gasteiger partial charge in [0, 0.05) is 10.8 Å². The molecule has 0 saturated heterocycles. The van der Waals surface area contributed by atoms with Crippen LogP contribution >= 0.6 is 0 Å². The molecule has 0 spiro atoms. The van der Waals surface area contributed by atoms with Crippen LogP contribution in [0.5, 0.6) is 23.0 Å². The monoisotopic (exact) mass is 516 g/mol. The third-order valence-electron chi connectivity index (χ3n) is 5.38. The van der Waals surface area contributed by atoms with Crippen molar-refractivity contribution < 1.29 is 38.0 Å². The van der Waals surface area contributed by atoms with Crippen molar-refractivity contribution >= 4 is 23.1 Å². The second-order valence-electron chi connectivity index (χ2n) is 7.98. The van der Waals surface area contributed by atoms with Crippen LogP contribution in [0.2, 0.25) is 0 Å². The Morgan fingerprint density at radius 3 is 1.26 bits per heavy atom. The van der Waals surface area contributed by atoms with E-state index in [0.29, 0.717) is 10.8 Å². The maximum Gasteiger partial charge on any atom is 0.514 e. The topological polar surface area (TPSA) is 89.5 Å². The minimum Gasteiger partial charge on any atom is -0.487 e. The Kier molecular flexibility index (Phi) is 9.02. The van der Waals surface area contributed by atoms with Crippen molar-refractivity contribution in [2.75, 3.05) is 13.2 Å². The molecule has 0 atom stereocenters. The number of fused-ring (bicyclic) bond motifs is 1. The van der Waals surface area contributed by atoms with E-state index in [1.54, 1.807) is 38.1 Å². The summed E-state index contributed by atoms with van der Waals surface area (Å²) in [7, 11) is 0. The molecule has 0 saturated carbocycles. The summed E-state index contributed by atoms with van der Waals surface area (Å²) in [6.07, 6.45) is -1.84. The number of benzene rings is 4. The zero-order valence-corrected chi connectivity index (χ0v) is 21.2. The van der Waals surface area contributed by atoms with Crippen LogP contribution < -0.4 is 18.9 Å². The number of carbonyl (C=O) groups is 2. The average Bonchev–Trinajstić information content (AvgIpc) is 2.95. The molecule has 0 aromatic heterocycles. The Hall–Kier alpha value is -4.72. The van der Waals surface area contributed by atoms with E-state index in [1.807, 2.05) is 60.7 Å². The summed E-state index contributed by atoms with van der Waals surface area (Å²) in [4.78, 5) is 25.4. The second-order valence-corrected chi connectivity index (χ2v) is 7.98. The summed E-state index contributed by atoms with van der Waals surface area (Å²) >= 11 is 0. The quantitative estimate of drug-likeness (QED) is 0.163. The van der Waals surface area contributed by atoms with Crippen molar-refractivity contribution in [1.82, 2.24) is 0 Å². The number of rotatable bonds is 10. The molecule has 4 rings (SSSR count). The van der Waals surface area contributed by atoms with E-state index in [4.69, 9.17) is 28.4 Å². The van der Waals surface area contributed by atoms with E-state index >= 15 is 0 Å². The van der Waals surface area contributed by atoms with E-state index in [1.165, 1.54) is 0 Å². The number of carbonyl (C=O) groups excluding carboxylic acids is 2. The lowest BCUT2D eigenvalue weighted by Crippen LogP contribution is -2.15. The van der Waals surface area contributed by atoms with Crippen molar-refractivity contribution in [1.29, 1.82) is 0 Å². The molecule has 8 heteroatoms. The molecule has 0 amide bonds. The molecule has 0 radical (unpaired) electrons. The molecule has 0 aliphatic rings. The van der Waals surface area contributed by atoms with Crippen molar-refractivity contribution in [3.63, 3.8) is 0 Å². The fourth-order valence-corrected chi connectivity index (χ4v) is 3.74. The molecule has 0 aliphatic heterocycles. The zero-order chi connectivity index (χ0) is 26.7. The molecule has 0 N–H and O–H groups in total. The van der Waals surface area contributed by atoms with Crippen LogP contribution in [0.3, 0.4) is 0 Å². The van der Waals surface area contributed by atoms with Crippen LogP contribution in [-0.4, -0.2) is 25.5 Å². The molecular weight excluding hydrogens is 488 g/mol. The van der Waals surface area contributed by atoms with Crippen molar-refractivity contribution in [2.45, 2.75) is 27.1 Å². The number of hydrogen-bond donors (Lipinski definition) is 0. The summed E-state index contributed by atoms with van der Waals surface area (Å²) in [5.41, 5.74) is 1.62. The lowest BCUT2D eigenvalue weighted by molar-refractivity contribution is 0.0889. The Bertz CT molecular complexity index is 1260. The van der Waals surface area contributed by atoms with Gasteiger partial charge in [-0.15, -0.1) is 0 Å². The lowest BCUT2D eigenvalue weighted by atomic mass is 10.1. The highest BCUT2D eigenvalue weighted by Gasteiger charge is 2.28. The Morgan fingerprint density at radius 1 is 0.526 bits per heavy atom. The van der Waals surface area contributed by atoms with Gasteiger partial charge in [-0.25, -0.2) is 9.59 Å². The van der Waals surface area contributed by atoms with Gasteiger partial charge < -0.3 is 28.4 Å². The minimum atomic E-state index is -0.918.